The molecule has 0 saturated heterocycles. The molecule has 0 amide bonds. The van der Waals surface area contributed by atoms with Gasteiger partial charge in [0, 0.05) is 37.6 Å². The maximum Gasteiger partial charge on any atom is 0.158 e. The molecule has 0 aliphatic rings. The number of aromatic nitrogens is 2. The molecule has 0 spiro atoms. The summed E-state index contributed by atoms with van der Waals surface area (Å²) in [4.78, 5) is 2.04. The Balaban J connectivity index is 2.56. The normalized spacial score (nSPS) is 11.0. The lowest BCUT2D eigenvalue weighted by molar-refractivity contribution is 0.772. The lowest BCUT2D eigenvalue weighted by atomic mass is 10.2. The van der Waals surface area contributed by atoms with Gasteiger partial charge in [-0.3, -0.25) is 4.68 Å². The fourth-order valence-electron chi connectivity index (χ4n) is 1.80. The number of aryl methyl sites for hydroxylation is 1. The smallest absolute Gasteiger partial charge is 0.158 e. The second kappa shape index (κ2) is 4.31. The zero-order valence-electron chi connectivity index (χ0n) is 9.44. The highest BCUT2D eigenvalue weighted by atomic mass is 35.5. The van der Waals surface area contributed by atoms with Crippen molar-refractivity contribution in [2.75, 3.05) is 25.0 Å². The number of halogens is 1. The van der Waals surface area contributed by atoms with Crippen LogP contribution in [-0.4, -0.2) is 29.9 Å². The van der Waals surface area contributed by atoms with Crippen molar-refractivity contribution in [3.63, 3.8) is 0 Å². The first-order valence-electron chi connectivity index (χ1n) is 5.17. The molecular weight excluding hydrogens is 224 g/mol. The van der Waals surface area contributed by atoms with Crippen LogP contribution in [0, 0.1) is 0 Å². The highest BCUT2D eigenvalue weighted by Crippen LogP contribution is 2.27. The quantitative estimate of drug-likeness (QED) is 0.884. The molecule has 0 fully saturated rings. The average molecular weight is 239 g/mol. The number of fused-ring (bicyclic) bond motifs is 1. The number of rotatable bonds is 3. The molecule has 1 heterocycles. The van der Waals surface area contributed by atoms with E-state index in [0.29, 0.717) is 6.54 Å². The minimum atomic E-state index is 0.606. The Hall–Kier alpha value is -1.26. The second-order valence-electron chi connectivity index (χ2n) is 3.82. The summed E-state index contributed by atoms with van der Waals surface area (Å²) in [7, 11) is 3.91. The maximum atomic E-state index is 6.00. The fourth-order valence-corrected chi connectivity index (χ4v) is 1.97. The molecule has 0 atom stereocenters. The summed E-state index contributed by atoms with van der Waals surface area (Å²) in [6, 6.07) is 5.79. The topological polar surface area (TPSA) is 47.1 Å². The number of hydrogen-bond acceptors (Lipinski definition) is 3. The van der Waals surface area contributed by atoms with Gasteiger partial charge in [-0.2, -0.15) is 5.10 Å². The first-order chi connectivity index (χ1) is 7.63. The molecule has 0 saturated carbocycles. The van der Waals surface area contributed by atoms with Gasteiger partial charge in [-0.15, -0.1) is 0 Å². The Morgan fingerprint density at radius 1 is 1.50 bits per heavy atom. The maximum absolute atomic E-state index is 6.00. The van der Waals surface area contributed by atoms with Gasteiger partial charge in [0.05, 0.1) is 5.52 Å². The molecule has 16 heavy (non-hydrogen) atoms. The van der Waals surface area contributed by atoms with Crippen LogP contribution in [0.25, 0.3) is 10.9 Å². The van der Waals surface area contributed by atoms with Gasteiger partial charge in [0.25, 0.3) is 0 Å². The van der Waals surface area contributed by atoms with Gasteiger partial charge in [-0.05, 0) is 18.2 Å². The van der Waals surface area contributed by atoms with Crippen LogP contribution in [0.15, 0.2) is 18.2 Å². The number of anilines is 1. The van der Waals surface area contributed by atoms with Gasteiger partial charge in [0.15, 0.2) is 5.82 Å². The summed E-state index contributed by atoms with van der Waals surface area (Å²) in [6.07, 6.45) is 0. The molecule has 1 aromatic carbocycles. The highest BCUT2D eigenvalue weighted by molar-refractivity contribution is 6.31. The van der Waals surface area contributed by atoms with E-state index in [-0.39, 0.29) is 0 Å². The van der Waals surface area contributed by atoms with Gasteiger partial charge < -0.3 is 10.6 Å². The Morgan fingerprint density at radius 2 is 2.25 bits per heavy atom. The van der Waals surface area contributed by atoms with E-state index in [4.69, 9.17) is 17.3 Å². The third kappa shape index (κ3) is 1.86. The Labute approximate surface area is 99.6 Å². The minimum absolute atomic E-state index is 0.606. The van der Waals surface area contributed by atoms with Crippen molar-refractivity contribution < 1.29 is 0 Å². The van der Waals surface area contributed by atoms with Crippen LogP contribution in [0.2, 0.25) is 5.02 Å². The predicted molar refractivity (Wildman–Crippen MR) is 68.0 cm³/mol. The van der Waals surface area contributed by atoms with E-state index in [0.717, 1.165) is 28.3 Å². The first kappa shape index (κ1) is 11.2. The van der Waals surface area contributed by atoms with Gasteiger partial charge in [0.1, 0.15) is 0 Å². The average Bonchev–Trinajstić information content (AvgIpc) is 2.56. The van der Waals surface area contributed by atoms with Crippen LogP contribution in [-0.2, 0) is 7.05 Å². The molecule has 5 heteroatoms. The Bertz CT molecular complexity index is 506. The molecule has 2 rings (SSSR count). The second-order valence-corrected chi connectivity index (χ2v) is 4.26. The van der Waals surface area contributed by atoms with E-state index in [1.54, 1.807) is 0 Å². The number of nitrogens with two attached hydrogens (primary N) is 1. The lowest BCUT2D eigenvalue weighted by Crippen LogP contribution is -2.25. The Kier molecular flexibility index (Phi) is 3.03. The summed E-state index contributed by atoms with van der Waals surface area (Å²) in [6.45, 7) is 1.38. The lowest BCUT2D eigenvalue weighted by Gasteiger charge is -2.15. The minimum Gasteiger partial charge on any atom is -0.356 e. The largest absolute Gasteiger partial charge is 0.356 e. The molecule has 0 bridgehead atoms. The molecular formula is C11H15ClN4. The molecule has 0 radical (unpaired) electrons. The van der Waals surface area contributed by atoms with Crippen LogP contribution >= 0.6 is 11.6 Å². The van der Waals surface area contributed by atoms with Gasteiger partial charge in [-0.25, -0.2) is 0 Å². The number of hydrogen-bond donors (Lipinski definition) is 1. The summed E-state index contributed by atoms with van der Waals surface area (Å²) in [5.74, 6) is 0.922. The van der Waals surface area contributed by atoms with Crippen molar-refractivity contribution in [2.45, 2.75) is 0 Å². The number of nitrogens with zero attached hydrogens (tertiary/aromatic N) is 3. The Morgan fingerprint density at radius 3 is 2.94 bits per heavy atom. The molecule has 0 aliphatic heterocycles. The van der Waals surface area contributed by atoms with E-state index >= 15 is 0 Å². The number of benzene rings is 1. The summed E-state index contributed by atoms with van der Waals surface area (Å²) >= 11 is 6.00. The van der Waals surface area contributed by atoms with Crippen molar-refractivity contribution in [3.05, 3.63) is 23.2 Å². The third-order valence-corrected chi connectivity index (χ3v) is 2.85. The van der Waals surface area contributed by atoms with Crippen molar-refractivity contribution in [2.24, 2.45) is 12.8 Å². The van der Waals surface area contributed by atoms with Crippen molar-refractivity contribution in [1.29, 1.82) is 0 Å². The van der Waals surface area contributed by atoms with E-state index in [1.807, 2.05) is 41.9 Å². The van der Waals surface area contributed by atoms with Gasteiger partial charge in [-0.1, -0.05) is 11.6 Å². The van der Waals surface area contributed by atoms with E-state index < -0.39 is 0 Å². The van der Waals surface area contributed by atoms with Gasteiger partial charge in [0.2, 0.25) is 0 Å². The molecule has 86 valence electrons. The van der Waals surface area contributed by atoms with Gasteiger partial charge >= 0.3 is 0 Å². The van der Waals surface area contributed by atoms with Crippen molar-refractivity contribution in [1.82, 2.24) is 9.78 Å². The van der Waals surface area contributed by atoms with E-state index in [2.05, 4.69) is 5.10 Å². The van der Waals surface area contributed by atoms with E-state index in [9.17, 15) is 0 Å². The summed E-state index contributed by atoms with van der Waals surface area (Å²) < 4.78 is 1.86. The zero-order chi connectivity index (χ0) is 11.7. The SMILES string of the molecule is CN(CCN)c1nn(C)c2ccc(Cl)cc12. The highest BCUT2D eigenvalue weighted by Gasteiger charge is 2.12. The van der Waals surface area contributed by atoms with E-state index in [1.165, 1.54) is 0 Å². The standard InChI is InChI=1S/C11H15ClN4/c1-15(6-5-13)11-9-7-8(12)3-4-10(9)16(2)14-11/h3-4,7H,5-6,13H2,1-2H3. The molecule has 1 aromatic heterocycles. The molecule has 4 nitrogen and oxygen atoms in total. The van der Waals surface area contributed by atoms with Crippen molar-refractivity contribution >= 4 is 28.3 Å². The summed E-state index contributed by atoms with van der Waals surface area (Å²) in [5, 5.41) is 6.26. The molecule has 0 unspecified atom stereocenters. The monoisotopic (exact) mass is 238 g/mol. The van der Waals surface area contributed by atoms with Crippen molar-refractivity contribution in [3.8, 4) is 0 Å². The van der Waals surface area contributed by atoms with Crippen LogP contribution < -0.4 is 10.6 Å². The van der Waals surface area contributed by atoms with Crippen LogP contribution in [0.5, 0.6) is 0 Å². The summed E-state index contributed by atoms with van der Waals surface area (Å²) in [5.41, 5.74) is 6.62. The zero-order valence-corrected chi connectivity index (χ0v) is 10.2. The number of likely N-dealkylation sites (N-methyl/N-ethyl adjacent to an activating group) is 1. The van der Waals surface area contributed by atoms with Crippen LogP contribution in [0.1, 0.15) is 0 Å². The predicted octanol–water partition coefficient (Wildman–Crippen LogP) is 1.62. The van der Waals surface area contributed by atoms with Crippen LogP contribution in [0.3, 0.4) is 0 Å². The third-order valence-electron chi connectivity index (χ3n) is 2.62. The van der Waals surface area contributed by atoms with Crippen LogP contribution in [0.4, 0.5) is 5.82 Å². The molecule has 2 N–H and O–H groups in total. The fraction of sp³-hybridized carbons (Fsp3) is 0.364. The molecule has 2 aromatic rings. The molecule has 0 aliphatic carbocycles. The first-order valence-corrected chi connectivity index (χ1v) is 5.54.